The molecule has 3 rings (SSSR count). The van der Waals surface area contributed by atoms with E-state index in [-0.39, 0.29) is 17.7 Å². The molecule has 1 aliphatic rings. The summed E-state index contributed by atoms with van der Waals surface area (Å²) in [4.78, 5) is 40.4. The molecule has 0 saturated carbocycles. The summed E-state index contributed by atoms with van der Waals surface area (Å²) >= 11 is 0. The Bertz CT molecular complexity index is 1200. The number of rotatable bonds is 25. The van der Waals surface area contributed by atoms with E-state index in [9.17, 15) is 14.4 Å². The van der Waals surface area contributed by atoms with Crippen molar-refractivity contribution >= 4 is 29.5 Å². The summed E-state index contributed by atoms with van der Waals surface area (Å²) in [5.74, 6) is 0.0632. The maximum atomic E-state index is 13.1. The smallest absolute Gasteiger partial charge is 0.263 e. The van der Waals surface area contributed by atoms with Gasteiger partial charge < -0.3 is 30.9 Å². The van der Waals surface area contributed by atoms with Crippen LogP contribution in [0.4, 0.5) is 5.69 Å². The summed E-state index contributed by atoms with van der Waals surface area (Å²) in [7, 11) is 0. The second kappa shape index (κ2) is 24.3. The molecule has 1 fully saturated rings. The van der Waals surface area contributed by atoms with Crippen molar-refractivity contribution in [2.45, 2.75) is 103 Å². The molecule has 9 nitrogen and oxygen atoms in total. The highest BCUT2D eigenvalue weighted by atomic mass is 16.5. The average Bonchev–Trinajstić information content (AvgIpc) is 3.62. The SMILES string of the molecule is CCCCCCCCCCCCNC(=O)CCCOc1ccc(NC(NC(=O)C=Cc2ccccc2)C(=O)NCCN2CCCC2)cc1. The summed E-state index contributed by atoms with van der Waals surface area (Å²) in [6, 6.07) is 16.8. The summed E-state index contributed by atoms with van der Waals surface area (Å²) < 4.78 is 5.84. The molecule has 4 N–H and O–H groups in total. The van der Waals surface area contributed by atoms with Crippen LogP contribution in [0.3, 0.4) is 0 Å². The number of nitrogens with zero attached hydrogens (tertiary/aromatic N) is 1. The molecule has 2 aromatic carbocycles. The first-order chi connectivity index (χ1) is 23.5. The van der Waals surface area contributed by atoms with Crippen molar-refractivity contribution in [2.75, 3.05) is 44.6 Å². The first-order valence-electron chi connectivity index (χ1n) is 18.3. The quantitative estimate of drug-likeness (QED) is 0.0538. The predicted molar refractivity (Wildman–Crippen MR) is 196 cm³/mol. The maximum absolute atomic E-state index is 13.1. The highest BCUT2D eigenvalue weighted by molar-refractivity contribution is 5.96. The number of likely N-dealkylation sites (tertiary alicyclic amines) is 1. The van der Waals surface area contributed by atoms with Gasteiger partial charge in [0.05, 0.1) is 6.61 Å². The second-order valence-corrected chi connectivity index (χ2v) is 12.7. The molecule has 1 unspecified atom stereocenters. The van der Waals surface area contributed by atoms with Gasteiger partial charge in [-0.3, -0.25) is 14.4 Å². The lowest BCUT2D eigenvalue weighted by Crippen LogP contribution is -2.52. The van der Waals surface area contributed by atoms with Crippen molar-refractivity contribution in [3.05, 3.63) is 66.2 Å². The van der Waals surface area contributed by atoms with Gasteiger partial charge in [-0.2, -0.15) is 0 Å². The zero-order valence-electron chi connectivity index (χ0n) is 29.2. The van der Waals surface area contributed by atoms with Crippen LogP contribution < -0.4 is 26.0 Å². The lowest BCUT2D eigenvalue weighted by molar-refractivity contribution is -0.126. The molecule has 0 spiro atoms. The first kappa shape index (κ1) is 38.6. The number of ether oxygens (including phenoxy) is 1. The number of amides is 3. The second-order valence-electron chi connectivity index (χ2n) is 12.7. The van der Waals surface area contributed by atoms with Crippen LogP contribution in [0.25, 0.3) is 6.08 Å². The summed E-state index contributed by atoms with van der Waals surface area (Å²) in [6.07, 6.45) is 18.5. The Labute approximate surface area is 288 Å². The van der Waals surface area contributed by atoms with Crippen LogP contribution in [0.1, 0.15) is 102 Å². The molecule has 9 heteroatoms. The van der Waals surface area contributed by atoms with Gasteiger partial charge in [-0.1, -0.05) is 95.0 Å². The van der Waals surface area contributed by atoms with E-state index in [1.54, 1.807) is 6.08 Å². The van der Waals surface area contributed by atoms with Gasteiger partial charge in [0, 0.05) is 37.8 Å². The highest BCUT2D eigenvalue weighted by Crippen LogP contribution is 2.17. The van der Waals surface area contributed by atoms with Gasteiger partial charge in [0.15, 0.2) is 6.17 Å². The minimum Gasteiger partial charge on any atom is -0.494 e. The van der Waals surface area contributed by atoms with Crippen molar-refractivity contribution in [3.8, 4) is 5.75 Å². The van der Waals surface area contributed by atoms with Gasteiger partial charge >= 0.3 is 0 Å². The van der Waals surface area contributed by atoms with E-state index in [2.05, 4.69) is 33.1 Å². The first-order valence-corrected chi connectivity index (χ1v) is 18.3. The minimum absolute atomic E-state index is 0.0690. The van der Waals surface area contributed by atoms with Crippen LogP contribution in [0.2, 0.25) is 0 Å². The monoisotopic (exact) mass is 661 g/mol. The van der Waals surface area contributed by atoms with E-state index in [0.29, 0.717) is 37.4 Å². The van der Waals surface area contributed by atoms with E-state index >= 15 is 0 Å². The van der Waals surface area contributed by atoms with Crippen molar-refractivity contribution < 1.29 is 19.1 Å². The van der Waals surface area contributed by atoms with E-state index in [1.807, 2.05) is 54.6 Å². The summed E-state index contributed by atoms with van der Waals surface area (Å²) in [6.45, 7) is 6.83. The number of hydrogen-bond acceptors (Lipinski definition) is 6. The largest absolute Gasteiger partial charge is 0.494 e. The normalized spacial score (nSPS) is 13.7. The van der Waals surface area contributed by atoms with Crippen molar-refractivity contribution in [3.63, 3.8) is 0 Å². The molecule has 3 amide bonds. The van der Waals surface area contributed by atoms with Crippen LogP contribution in [0.15, 0.2) is 60.7 Å². The molecule has 1 heterocycles. The number of carbonyl (C=O) groups excluding carboxylic acids is 3. The molecular formula is C39H59N5O4. The standard InChI is InChI=1S/C39H59N5O4/c1-2-3-4-5-6-7-8-9-10-14-27-40-36(45)20-17-32-48-35-24-22-34(23-25-35)42-38(39(47)41-28-31-44-29-15-16-30-44)43-37(46)26-21-33-18-12-11-13-19-33/h11-13,18-19,21-26,38,42H,2-10,14-17,20,27-32H2,1H3,(H,40,45)(H,41,47)(H,43,46). The van der Waals surface area contributed by atoms with Crippen LogP contribution in [0.5, 0.6) is 5.75 Å². The lowest BCUT2D eigenvalue weighted by atomic mass is 10.1. The molecule has 1 atom stereocenters. The lowest BCUT2D eigenvalue weighted by Gasteiger charge is -2.21. The predicted octanol–water partition coefficient (Wildman–Crippen LogP) is 6.66. The van der Waals surface area contributed by atoms with Gasteiger partial charge in [-0.05, 0) is 74.7 Å². The third-order valence-electron chi connectivity index (χ3n) is 8.54. The fraction of sp³-hybridized carbons (Fsp3) is 0.564. The number of nitrogens with one attached hydrogen (secondary N) is 4. The molecule has 0 radical (unpaired) electrons. The van der Waals surface area contributed by atoms with Crippen LogP contribution in [-0.4, -0.2) is 68.1 Å². The maximum Gasteiger partial charge on any atom is 0.263 e. The van der Waals surface area contributed by atoms with Crippen LogP contribution in [0, 0.1) is 0 Å². The van der Waals surface area contributed by atoms with Crippen molar-refractivity contribution in [2.24, 2.45) is 0 Å². The van der Waals surface area contributed by atoms with Gasteiger partial charge in [-0.15, -0.1) is 0 Å². The third-order valence-corrected chi connectivity index (χ3v) is 8.54. The zero-order valence-corrected chi connectivity index (χ0v) is 29.2. The van der Waals surface area contributed by atoms with E-state index in [0.717, 1.165) is 38.2 Å². The van der Waals surface area contributed by atoms with Gasteiger partial charge in [0.25, 0.3) is 5.91 Å². The van der Waals surface area contributed by atoms with Crippen molar-refractivity contribution in [1.82, 2.24) is 20.9 Å². The number of hydrogen-bond donors (Lipinski definition) is 4. The van der Waals surface area contributed by atoms with E-state index in [4.69, 9.17) is 4.74 Å². The molecule has 0 aliphatic carbocycles. The van der Waals surface area contributed by atoms with Gasteiger partial charge in [0.2, 0.25) is 11.8 Å². The zero-order chi connectivity index (χ0) is 34.1. The fourth-order valence-electron chi connectivity index (χ4n) is 5.70. The molecule has 48 heavy (non-hydrogen) atoms. The average molecular weight is 662 g/mol. The molecule has 2 aromatic rings. The van der Waals surface area contributed by atoms with Crippen LogP contribution >= 0.6 is 0 Å². The van der Waals surface area contributed by atoms with Crippen molar-refractivity contribution in [1.29, 1.82) is 0 Å². The molecule has 0 bridgehead atoms. The Morgan fingerprint density at radius 1 is 0.792 bits per heavy atom. The highest BCUT2D eigenvalue weighted by Gasteiger charge is 2.20. The Morgan fingerprint density at radius 3 is 2.15 bits per heavy atom. The topological polar surface area (TPSA) is 112 Å². The molecule has 0 aromatic heterocycles. The fourth-order valence-corrected chi connectivity index (χ4v) is 5.70. The molecule has 1 aliphatic heterocycles. The third kappa shape index (κ3) is 17.3. The molecule has 1 saturated heterocycles. The number of unbranched alkanes of at least 4 members (excludes halogenated alkanes) is 9. The summed E-state index contributed by atoms with van der Waals surface area (Å²) in [5, 5.41) is 11.9. The molecule has 264 valence electrons. The Kier molecular flexibility index (Phi) is 19.6. The number of anilines is 1. The Hall–Kier alpha value is -3.85. The Morgan fingerprint density at radius 2 is 1.46 bits per heavy atom. The van der Waals surface area contributed by atoms with Crippen LogP contribution in [-0.2, 0) is 14.4 Å². The van der Waals surface area contributed by atoms with E-state index in [1.165, 1.54) is 76.7 Å². The number of carbonyl (C=O) groups is 3. The minimum atomic E-state index is -0.956. The van der Waals surface area contributed by atoms with Gasteiger partial charge in [-0.25, -0.2) is 0 Å². The Balaban J connectivity index is 1.34. The summed E-state index contributed by atoms with van der Waals surface area (Å²) in [5.41, 5.74) is 1.56. The number of benzene rings is 2. The molecular weight excluding hydrogens is 602 g/mol. The van der Waals surface area contributed by atoms with E-state index < -0.39 is 6.17 Å². The van der Waals surface area contributed by atoms with Gasteiger partial charge in [0.1, 0.15) is 5.75 Å².